The fourth-order valence-corrected chi connectivity index (χ4v) is 2.06. The first-order chi connectivity index (χ1) is 8.08. The third kappa shape index (κ3) is 2.75. The van der Waals surface area contributed by atoms with Crippen molar-refractivity contribution in [3.8, 4) is 0 Å². The van der Waals surface area contributed by atoms with Crippen LogP contribution in [0.4, 0.5) is 10.1 Å². The van der Waals surface area contributed by atoms with Crippen LogP contribution >= 0.6 is 0 Å². The monoisotopic (exact) mass is 238 g/mol. The summed E-state index contributed by atoms with van der Waals surface area (Å²) in [5, 5.41) is 9.52. The molecule has 0 amide bonds. The topological polar surface area (TPSA) is 36.4 Å². The van der Waals surface area contributed by atoms with E-state index in [9.17, 15) is 9.50 Å². The van der Waals surface area contributed by atoms with Crippen LogP contribution < -0.4 is 4.90 Å². The summed E-state index contributed by atoms with van der Waals surface area (Å²) < 4.78 is 13.1. The molecule has 1 aliphatic rings. The van der Waals surface area contributed by atoms with Crippen LogP contribution in [0.15, 0.2) is 18.3 Å². The Morgan fingerprint density at radius 1 is 1.47 bits per heavy atom. The maximum atomic E-state index is 13.1. The number of piperidine rings is 1. The molecule has 2 rings (SSSR count). The predicted molar refractivity (Wildman–Crippen MR) is 66.1 cm³/mol. The number of halogens is 1. The number of aromatic nitrogens is 1. The number of nitrogens with zero attached hydrogens (tertiary/aromatic N) is 2. The molecule has 94 valence electrons. The Morgan fingerprint density at radius 2 is 2.24 bits per heavy atom. The molecule has 1 aliphatic heterocycles. The average Bonchev–Trinajstić information content (AvgIpc) is 2.33. The lowest BCUT2D eigenvalue weighted by atomic mass is 10.1. The van der Waals surface area contributed by atoms with E-state index >= 15 is 0 Å². The van der Waals surface area contributed by atoms with Gasteiger partial charge in [-0.25, -0.2) is 4.39 Å². The van der Waals surface area contributed by atoms with E-state index in [2.05, 4.69) is 18.8 Å². The first-order valence-electron chi connectivity index (χ1n) is 6.11. The summed E-state index contributed by atoms with van der Waals surface area (Å²) in [6, 6.07) is 3.99. The van der Waals surface area contributed by atoms with Gasteiger partial charge in [-0.15, -0.1) is 0 Å². The largest absolute Gasteiger partial charge is 0.388 e. The summed E-state index contributed by atoms with van der Waals surface area (Å²) in [5.74, 6) is 0.409. The zero-order valence-electron chi connectivity index (χ0n) is 10.3. The summed E-state index contributed by atoms with van der Waals surface area (Å²) in [6.45, 7) is 5.19. The minimum Gasteiger partial charge on any atom is -0.388 e. The van der Waals surface area contributed by atoms with Crippen LogP contribution in [-0.4, -0.2) is 35.5 Å². The van der Waals surface area contributed by atoms with Crippen LogP contribution in [0.2, 0.25) is 0 Å². The van der Waals surface area contributed by atoms with Gasteiger partial charge in [0.25, 0.3) is 0 Å². The zero-order valence-corrected chi connectivity index (χ0v) is 10.3. The van der Waals surface area contributed by atoms with Gasteiger partial charge in [0, 0.05) is 18.8 Å². The number of hydrogen-bond donors (Lipinski definition) is 1. The van der Waals surface area contributed by atoms with Crippen molar-refractivity contribution in [2.75, 3.05) is 18.0 Å². The fourth-order valence-electron chi connectivity index (χ4n) is 2.06. The Morgan fingerprint density at radius 3 is 2.76 bits per heavy atom. The molecular formula is C13H19FN2O. The zero-order chi connectivity index (χ0) is 12.4. The lowest BCUT2D eigenvalue weighted by molar-refractivity contribution is 0.0645. The van der Waals surface area contributed by atoms with E-state index in [1.165, 1.54) is 0 Å². The van der Waals surface area contributed by atoms with Gasteiger partial charge in [-0.05, 0) is 24.5 Å². The van der Waals surface area contributed by atoms with Crippen molar-refractivity contribution >= 4 is 5.69 Å². The smallest absolute Gasteiger partial charge is 0.129 e. The molecule has 0 aromatic carbocycles. The summed E-state index contributed by atoms with van der Waals surface area (Å²) in [4.78, 5) is 6.36. The number of pyridine rings is 1. The second-order valence-corrected chi connectivity index (χ2v) is 4.91. The van der Waals surface area contributed by atoms with Crippen LogP contribution in [0.1, 0.15) is 31.9 Å². The van der Waals surface area contributed by atoms with Crippen LogP contribution in [0.3, 0.4) is 0 Å². The van der Waals surface area contributed by atoms with Gasteiger partial charge in [-0.2, -0.15) is 0 Å². The van der Waals surface area contributed by atoms with Crippen LogP contribution in [0.5, 0.6) is 0 Å². The molecule has 0 bridgehead atoms. The van der Waals surface area contributed by atoms with Crippen LogP contribution in [-0.2, 0) is 0 Å². The first kappa shape index (κ1) is 12.3. The van der Waals surface area contributed by atoms with Gasteiger partial charge in [-0.1, -0.05) is 13.8 Å². The summed E-state index contributed by atoms with van der Waals surface area (Å²) in [7, 11) is 0. The van der Waals surface area contributed by atoms with Crippen molar-refractivity contribution in [3.63, 3.8) is 0 Å². The number of β-amino-alcohol motifs (C(OH)–C–C–N with tert-alkyl or cyclic N) is 1. The van der Waals surface area contributed by atoms with Gasteiger partial charge < -0.3 is 10.0 Å². The number of rotatable bonds is 2. The second-order valence-electron chi connectivity index (χ2n) is 4.91. The van der Waals surface area contributed by atoms with E-state index < -0.39 is 12.3 Å². The minimum absolute atomic E-state index is 0.351. The molecule has 0 radical (unpaired) electrons. The van der Waals surface area contributed by atoms with E-state index in [0.717, 1.165) is 11.4 Å². The van der Waals surface area contributed by atoms with Crippen molar-refractivity contribution in [1.29, 1.82) is 0 Å². The molecule has 1 N–H and O–H groups in total. The fraction of sp³-hybridized carbons (Fsp3) is 0.615. The minimum atomic E-state index is -1.09. The maximum absolute atomic E-state index is 13.1. The van der Waals surface area contributed by atoms with E-state index in [0.29, 0.717) is 25.4 Å². The lowest BCUT2D eigenvalue weighted by Gasteiger charge is -2.33. The molecule has 17 heavy (non-hydrogen) atoms. The molecule has 2 atom stereocenters. The first-order valence-corrected chi connectivity index (χ1v) is 6.11. The van der Waals surface area contributed by atoms with E-state index in [1.54, 1.807) is 6.20 Å². The van der Waals surface area contributed by atoms with E-state index in [-0.39, 0.29) is 0 Å². The number of aliphatic hydroxyl groups is 1. The number of anilines is 1. The Hall–Kier alpha value is -1.16. The highest BCUT2D eigenvalue weighted by molar-refractivity contribution is 5.45. The predicted octanol–water partition coefficient (Wildman–Crippen LogP) is 2.11. The molecular weight excluding hydrogens is 219 g/mol. The maximum Gasteiger partial charge on any atom is 0.129 e. The Bertz CT molecular complexity index is 366. The summed E-state index contributed by atoms with van der Waals surface area (Å²) >= 11 is 0. The van der Waals surface area contributed by atoms with Gasteiger partial charge in [0.2, 0.25) is 0 Å². The van der Waals surface area contributed by atoms with Gasteiger partial charge in [0.1, 0.15) is 12.3 Å². The third-order valence-electron chi connectivity index (χ3n) is 3.23. The van der Waals surface area contributed by atoms with E-state index in [1.807, 2.05) is 17.0 Å². The van der Waals surface area contributed by atoms with Crippen molar-refractivity contribution < 1.29 is 9.50 Å². The van der Waals surface area contributed by atoms with Crippen molar-refractivity contribution in [2.24, 2.45) is 0 Å². The van der Waals surface area contributed by atoms with Gasteiger partial charge in [0.05, 0.1) is 11.9 Å². The van der Waals surface area contributed by atoms with Gasteiger partial charge >= 0.3 is 0 Å². The molecule has 2 heterocycles. The van der Waals surface area contributed by atoms with Crippen molar-refractivity contribution in [3.05, 3.63) is 24.0 Å². The highest BCUT2D eigenvalue weighted by Gasteiger charge is 2.27. The average molecular weight is 238 g/mol. The molecule has 4 heteroatoms. The highest BCUT2D eigenvalue weighted by atomic mass is 19.1. The van der Waals surface area contributed by atoms with Crippen LogP contribution in [0, 0.1) is 0 Å². The summed E-state index contributed by atoms with van der Waals surface area (Å²) in [6.07, 6.45) is 0.218. The lowest BCUT2D eigenvalue weighted by Crippen LogP contribution is -2.45. The Labute approximate surface area is 101 Å². The van der Waals surface area contributed by atoms with Crippen molar-refractivity contribution in [1.82, 2.24) is 4.98 Å². The van der Waals surface area contributed by atoms with Crippen molar-refractivity contribution in [2.45, 2.75) is 38.5 Å². The standard InChI is InChI=1S/C13H19FN2O/c1-9(2)12-4-3-10(7-15-12)16-6-5-11(14)13(17)8-16/h3-4,7,9,11,13,17H,5-6,8H2,1-2H3/t11-,13-/m0/s1. The van der Waals surface area contributed by atoms with Crippen LogP contribution in [0.25, 0.3) is 0 Å². The van der Waals surface area contributed by atoms with Gasteiger partial charge in [0.15, 0.2) is 0 Å². The second kappa shape index (κ2) is 5.00. The molecule has 1 aromatic rings. The number of aliphatic hydroxyl groups excluding tert-OH is 1. The molecule has 1 saturated heterocycles. The summed E-state index contributed by atoms with van der Waals surface area (Å²) in [5.41, 5.74) is 2.01. The van der Waals surface area contributed by atoms with E-state index in [4.69, 9.17) is 0 Å². The quantitative estimate of drug-likeness (QED) is 0.857. The van der Waals surface area contributed by atoms with Gasteiger partial charge in [-0.3, -0.25) is 4.98 Å². The highest BCUT2D eigenvalue weighted by Crippen LogP contribution is 2.22. The number of hydrogen-bond acceptors (Lipinski definition) is 3. The Balaban J connectivity index is 2.07. The third-order valence-corrected chi connectivity index (χ3v) is 3.23. The number of alkyl halides is 1. The molecule has 1 fully saturated rings. The molecule has 3 nitrogen and oxygen atoms in total. The normalized spacial score (nSPS) is 25.4. The molecule has 1 aromatic heterocycles. The molecule has 0 unspecified atom stereocenters. The molecule has 0 aliphatic carbocycles. The molecule has 0 saturated carbocycles. The SMILES string of the molecule is CC(C)c1ccc(N2CC[C@H](F)[C@@H](O)C2)cn1. The Kier molecular flexibility index (Phi) is 3.62. The molecule has 0 spiro atoms.